The summed E-state index contributed by atoms with van der Waals surface area (Å²) in [4.78, 5) is 0. The molecule has 1 spiro atoms. The van der Waals surface area contributed by atoms with Crippen molar-refractivity contribution in [3.63, 3.8) is 0 Å². The summed E-state index contributed by atoms with van der Waals surface area (Å²) in [7, 11) is -1.99. The maximum absolute atomic E-state index is 11.3. The Bertz CT molecular complexity index is 1050. The molecule has 4 rings (SSSR count). The zero-order chi connectivity index (χ0) is 20.1. The molecule has 0 atom stereocenters. The fourth-order valence-electron chi connectivity index (χ4n) is 4.07. The van der Waals surface area contributed by atoms with Gasteiger partial charge in [-0.25, -0.2) is 13.6 Å². The van der Waals surface area contributed by atoms with Crippen LogP contribution in [0.25, 0.3) is 11.1 Å². The highest BCUT2D eigenvalue weighted by Crippen LogP contribution is 2.63. The minimum absolute atomic E-state index is 0.160. The van der Waals surface area contributed by atoms with Crippen LogP contribution < -0.4 is 9.88 Å². The number of nitrogens with two attached hydrogens (primary N) is 1. The molecule has 2 aromatic rings. The number of primary sulfonamides is 1. The molecule has 0 bridgehead atoms. The molecule has 2 N–H and O–H groups in total. The first-order valence-electron chi connectivity index (χ1n) is 9.05. The summed E-state index contributed by atoms with van der Waals surface area (Å²) in [6.45, 7) is 0. The summed E-state index contributed by atoms with van der Waals surface area (Å²) >= 11 is 12.8. The second kappa shape index (κ2) is 7.06. The third kappa shape index (κ3) is 3.94. The summed E-state index contributed by atoms with van der Waals surface area (Å²) in [5.74, 6) is 0.327. The summed E-state index contributed by atoms with van der Waals surface area (Å²) in [5.41, 5.74) is 5.68. The first-order chi connectivity index (χ1) is 13.2. The highest BCUT2D eigenvalue weighted by Gasteiger charge is 2.48. The van der Waals surface area contributed by atoms with Crippen molar-refractivity contribution >= 4 is 44.4 Å². The second-order valence-corrected chi connectivity index (χ2v) is 10.2. The van der Waals surface area contributed by atoms with E-state index in [2.05, 4.69) is 0 Å². The average Bonchev–Trinajstić information content (AvgIpc) is 3.25. The van der Waals surface area contributed by atoms with Gasteiger partial charge in [0.15, 0.2) is 5.75 Å². The second-order valence-electron chi connectivity index (χ2n) is 7.79. The number of halogens is 2. The number of ether oxygens (including phenoxy) is 1. The minimum Gasteiger partial charge on any atom is -0.494 e. The van der Waals surface area contributed by atoms with Crippen LogP contribution in [0.15, 0.2) is 36.4 Å². The number of methoxy groups -OCH3 is 1. The standard InChI is InChI=1S/C21H21Cl2NO3S/c1-27-20-18(22)8-15(9-19(20)23)17-11-21(6-7-21)10-16(17)14-4-2-13(3-5-14)12-28(24,25)26/h2-5,8-9H,6-7,10-12H2,1H3,(H2,24,25,26). The predicted octanol–water partition coefficient (Wildman–Crippen LogP) is 5.28. The molecule has 0 saturated heterocycles. The van der Waals surface area contributed by atoms with Gasteiger partial charge in [0, 0.05) is 0 Å². The van der Waals surface area contributed by atoms with E-state index < -0.39 is 10.0 Å². The smallest absolute Gasteiger partial charge is 0.213 e. The quantitative estimate of drug-likeness (QED) is 0.691. The van der Waals surface area contributed by atoms with E-state index in [1.54, 1.807) is 7.11 Å². The maximum Gasteiger partial charge on any atom is 0.213 e. The first-order valence-corrected chi connectivity index (χ1v) is 11.5. The van der Waals surface area contributed by atoms with Crippen molar-refractivity contribution in [2.75, 3.05) is 7.11 Å². The Morgan fingerprint density at radius 3 is 2.00 bits per heavy atom. The Balaban J connectivity index is 1.74. The molecule has 4 nitrogen and oxygen atoms in total. The van der Waals surface area contributed by atoms with Gasteiger partial charge >= 0.3 is 0 Å². The lowest BCUT2D eigenvalue weighted by Crippen LogP contribution is -2.14. The van der Waals surface area contributed by atoms with Gasteiger partial charge in [-0.3, -0.25) is 0 Å². The normalized spacial score (nSPS) is 18.0. The van der Waals surface area contributed by atoms with Crippen molar-refractivity contribution in [3.05, 3.63) is 63.1 Å². The van der Waals surface area contributed by atoms with E-state index in [9.17, 15) is 8.42 Å². The molecule has 2 aliphatic carbocycles. The van der Waals surface area contributed by atoms with Gasteiger partial charge in [-0.1, -0.05) is 47.5 Å². The molecule has 0 radical (unpaired) electrons. The monoisotopic (exact) mass is 437 g/mol. The summed E-state index contributed by atoms with van der Waals surface area (Å²) < 4.78 is 27.9. The maximum atomic E-state index is 11.3. The number of rotatable bonds is 5. The van der Waals surface area contributed by atoms with Crippen molar-refractivity contribution in [3.8, 4) is 5.75 Å². The Labute approximate surface area is 175 Å². The van der Waals surface area contributed by atoms with Crippen LogP contribution in [0.1, 0.15) is 42.4 Å². The van der Waals surface area contributed by atoms with Crippen molar-refractivity contribution < 1.29 is 13.2 Å². The molecular weight excluding hydrogens is 417 g/mol. The third-order valence-corrected chi connectivity index (χ3v) is 6.94. The van der Waals surface area contributed by atoms with Crippen LogP contribution in [0.2, 0.25) is 10.0 Å². The fourth-order valence-corrected chi connectivity index (χ4v) is 5.37. The zero-order valence-electron chi connectivity index (χ0n) is 15.5. The van der Waals surface area contributed by atoms with Crippen LogP contribution in [0.3, 0.4) is 0 Å². The molecule has 0 amide bonds. The highest BCUT2D eigenvalue weighted by atomic mass is 35.5. The van der Waals surface area contributed by atoms with E-state index in [-0.39, 0.29) is 5.75 Å². The molecule has 0 unspecified atom stereocenters. The molecular formula is C21H21Cl2NO3S. The highest BCUT2D eigenvalue weighted by molar-refractivity contribution is 7.88. The lowest BCUT2D eigenvalue weighted by molar-refractivity contribution is 0.415. The summed E-state index contributed by atoms with van der Waals surface area (Å²) in [6, 6.07) is 11.4. The van der Waals surface area contributed by atoms with Crippen LogP contribution in [0.4, 0.5) is 0 Å². The van der Waals surface area contributed by atoms with E-state index in [1.807, 2.05) is 36.4 Å². The van der Waals surface area contributed by atoms with Gasteiger partial charge in [-0.2, -0.15) is 0 Å². The molecule has 2 aromatic carbocycles. The van der Waals surface area contributed by atoms with Gasteiger partial charge in [-0.15, -0.1) is 0 Å². The van der Waals surface area contributed by atoms with Gasteiger partial charge in [0.1, 0.15) is 0 Å². The van der Waals surface area contributed by atoms with E-state index >= 15 is 0 Å². The molecule has 28 heavy (non-hydrogen) atoms. The SMILES string of the molecule is COc1c(Cl)cc(C2=C(c3ccc(CS(N)(=O)=O)cc3)CC3(CC3)C2)cc1Cl. The Hall–Kier alpha value is -1.53. The van der Waals surface area contributed by atoms with E-state index in [0.29, 0.717) is 26.8 Å². The number of hydrogen-bond acceptors (Lipinski definition) is 3. The largest absolute Gasteiger partial charge is 0.494 e. The molecule has 0 aliphatic heterocycles. The van der Waals surface area contributed by atoms with Crippen LogP contribution in [-0.2, 0) is 15.8 Å². The Kier molecular flexibility index (Phi) is 4.99. The average molecular weight is 438 g/mol. The number of sulfonamides is 1. The van der Waals surface area contributed by atoms with Gasteiger partial charge in [0.2, 0.25) is 10.0 Å². The van der Waals surface area contributed by atoms with Crippen LogP contribution in [-0.4, -0.2) is 15.5 Å². The lowest BCUT2D eigenvalue weighted by Gasteiger charge is -2.12. The van der Waals surface area contributed by atoms with Gasteiger partial charge in [0.25, 0.3) is 0 Å². The first kappa shape index (κ1) is 19.8. The summed E-state index contributed by atoms with van der Waals surface area (Å²) in [5, 5.41) is 6.14. The molecule has 0 aromatic heterocycles. The molecule has 2 aliphatic rings. The number of benzene rings is 2. The Morgan fingerprint density at radius 2 is 1.54 bits per heavy atom. The molecule has 0 heterocycles. The van der Waals surface area contributed by atoms with Crippen molar-refractivity contribution in [1.82, 2.24) is 0 Å². The van der Waals surface area contributed by atoms with E-state index in [0.717, 1.165) is 24.0 Å². The molecule has 1 fully saturated rings. The van der Waals surface area contributed by atoms with E-state index in [1.165, 1.54) is 24.0 Å². The van der Waals surface area contributed by atoms with Crippen LogP contribution in [0, 0.1) is 5.41 Å². The fraction of sp³-hybridized carbons (Fsp3) is 0.333. The summed E-state index contributed by atoms with van der Waals surface area (Å²) in [6.07, 6.45) is 4.46. The molecule has 7 heteroatoms. The zero-order valence-corrected chi connectivity index (χ0v) is 17.8. The molecule has 1 saturated carbocycles. The lowest BCUT2D eigenvalue weighted by atomic mass is 9.96. The van der Waals surface area contributed by atoms with Crippen molar-refractivity contribution in [1.29, 1.82) is 0 Å². The van der Waals surface area contributed by atoms with Gasteiger partial charge < -0.3 is 4.74 Å². The molecule has 148 valence electrons. The number of hydrogen-bond donors (Lipinski definition) is 1. The van der Waals surface area contributed by atoms with Gasteiger partial charge in [0.05, 0.1) is 22.9 Å². The van der Waals surface area contributed by atoms with Crippen molar-refractivity contribution in [2.24, 2.45) is 10.6 Å². The van der Waals surface area contributed by atoms with Gasteiger partial charge in [-0.05, 0) is 71.1 Å². The van der Waals surface area contributed by atoms with Crippen LogP contribution in [0.5, 0.6) is 5.75 Å². The van der Waals surface area contributed by atoms with E-state index in [4.69, 9.17) is 33.1 Å². The van der Waals surface area contributed by atoms with Crippen LogP contribution >= 0.6 is 23.2 Å². The third-order valence-electron chi connectivity index (χ3n) is 5.65. The minimum atomic E-state index is -3.54. The topological polar surface area (TPSA) is 69.4 Å². The van der Waals surface area contributed by atoms with Crippen molar-refractivity contribution in [2.45, 2.75) is 31.4 Å². The predicted molar refractivity (Wildman–Crippen MR) is 114 cm³/mol. The number of allylic oxidation sites excluding steroid dienone is 2. The Morgan fingerprint density at radius 1 is 1.00 bits per heavy atom.